The fourth-order valence-electron chi connectivity index (χ4n) is 2.62. The van der Waals surface area contributed by atoms with E-state index >= 15 is 0 Å². The average molecular weight is 305 g/mol. The van der Waals surface area contributed by atoms with Crippen molar-refractivity contribution in [3.63, 3.8) is 0 Å². The zero-order valence-corrected chi connectivity index (χ0v) is 12.7. The zero-order valence-electron chi connectivity index (χ0n) is 12.7. The topological polar surface area (TPSA) is 87.1 Å². The highest BCUT2D eigenvalue weighted by atomic mass is 16.5. The second-order valence-corrected chi connectivity index (χ2v) is 5.30. The molecule has 22 heavy (non-hydrogen) atoms. The molecule has 1 aliphatic rings. The third kappa shape index (κ3) is 2.82. The van der Waals surface area contributed by atoms with Crippen LogP contribution in [0, 0.1) is 0 Å². The summed E-state index contributed by atoms with van der Waals surface area (Å²) in [4.78, 5) is 25.4. The highest BCUT2D eigenvalue weighted by Gasteiger charge is 2.42. The molecule has 0 fully saturated rings. The Morgan fingerprint density at radius 1 is 1.36 bits per heavy atom. The van der Waals surface area contributed by atoms with Crippen LogP contribution in [0.2, 0.25) is 0 Å². The summed E-state index contributed by atoms with van der Waals surface area (Å²) in [6.45, 7) is 2.87. The Morgan fingerprint density at radius 2 is 1.95 bits per heavy atom. The summed E-state index contributed by atoms with van der Waals surface area (Å²) in [7, 11) is 1.54. The van der Waals surface area contributed by atoms with Crippen molar-refractivity contribution in [2.45, 2.75) is 26.0 Å². The number of carbonyl (C=O) groups excluding carboxylic acids is 2. The summed E-state index contributed by atoms with van der Waals surface area (Å²) in [5.74, 6) is -0.923. The molecule has 0 saturated carbocycles. The van der Waals surface area contributed by atoms with Crippen LogP contribution in [0.5, 0.6) is 5.75 Å². The van der Waals surface area contributed by atoms with Crippen molar-refractivity contribution >= 4 is 11.7 Å². The van der Waals surface area contributed by atoms with Crippen LogP contribution < -0.4 is 4.74 Å². The van der Waals surface area contributed by atoms with Crippen LogP contribution in [0.1, 0.15) is 25.5 Å². The van der Waals surface area contributed by atoms with Crippen molar-refractivity contribution in [3.05, 3.63) is 41.2 Å². The Morgan fingerprint density at radius 3 is 2.41 bits per heavy atom. The van der Waals surface area contributed by atoms with E-state index in [0.717, 1.165) is 0 Å². The van der Waals surface area contributed by atoms with Crippen LogP contribution in [-0.2, 0) is 9.59 Å². The maximum Gasteiger partial charge on any atom is 0.290 e. The molecule has 2 N–H and O–H groups in total. The first kappa shape index (κ1) is 16.0. The molecule has 1 heterocycles. The number of aliphatic hydroxyl groups is 2. The third-order valence-corrected chi connectivity index (χ3v) is 3.58. The minimum absolute atomic E-state index is 0.0242. The molecule has 0 saturated heterocycles. The van der Waals surface area contributed by atoms with Gasteiger partial charge in [-0.2, -0.15) is 0 Å². The Labute approximate surface area is 128 Å². The quantitative estimate of drug-likeness (QED) is 0.857. The van der Waals surface area contributed by atoms with Gasteiger partial charge in [-0.25, -0.2) is 0 Å². The fraction of sp³-hybridized carbons (Fsp3) is 0.375. The molecule has 118 valence electrons. The molecule has 0 bridgehead atoms. The average Bonchev–Trinajstić information content (AvgIpc) is 2.72. The van der Waals surface area contributed by atoms with Crippen LogP contribution in [0.3, 0.4) is 0 Å². The zero-order chi connectivity index (χ0) is 16.4. The fourth-order valence-corrected chi connectivity index (χ4v) is 2.62. The molecule has 0 radical (unpaired) electrons. The van der Waals surface area contributed by atoms with Gasteiger partial charge in [0, 0.05) is 6.54 Å². The number of amides is 1. The number of Topliss-reactive ketones (excluding diaryl/α,β-unsaturated/α-hetero) is 1. The number of ketones is 1. The van der Waals surface area contributed by atoms with Crippen molar-refractivity contribution in [1.82, 2.24) is 4.90 Å². The van der Waals surface area contributed by atoms with E-state index in [9.17, 15) is 19.8 Å². The van der Waals surface area contributed by atoms with Crippen molar-refractivity contribution in [3.8, 4) is 5.75 Å². The molecular formula is C16H19NO5. The van der Waals surface area contributed by atoms with Crippen molar-refractivity contribution in [2.75, 3.05) is 13.7 Å². The first-order valence-electron chi connectivity index (χ1n) is 6.93. The highest BCUT2D eigenvalue weighted by molar-refractivity contribution is 6.08. The van der Waals surface area contributed by atoms with Gasteiger partial charge < -0.3 is 19.8 Å². The van der Waals surface area contributed by atoms with Gasteiger partial charge in [-0.05, 0) is 31.5 Å². The smallest absolute Gasteiger partial charge is 0.290 e. The SMILES string of the molecule is COc1ccc(C2C(C(C)=O)=C(O)C(=O)N2CC(C)O)cc1. The molecule has 6 heteroatoms. The minimum Gasteiger partial charge on any atom is -0.503 e. The first-order valence-corrected chi connectivity index (χ1v) is 6.93. The standard InChI is InChI=1S/C16H19NO5/c1-9(18)8-17-14(11-4-6-12(22-3)7-5-11)13(10(2)19)15(20)16(17)21/h4-7,9,14,18,20H,8H2,1-3H3. The number of ether oxygens (including phenoxy) is 1. The molecule has 0 spiro atoms. The van der Waals surface area contributed by atoms with Gasteiger partial charge in [0.25, 0.3) is 5.91 Å². The Bertz CT molecular complexity index is 618. The summed E-state index contributed by atoms with van der Waals surface area (Å²) in [6, 6.07) is 6.19. The predicted molar refractivity (Wildman–Crippen MR) is 79.5 cm³/mol. The second kappa shape index (κ2) is 6.19. The van der Waals surface area contributed by atoms with Crippen molar-refractivity contribution in [1.29, 1.82) is 0 Å². The molecule has 2 atom stereocenters. The largest absolute Gasteiger partial charge is 0.503 e. The van der Waals surface area contributed by atoms with Gasteiger partial charge in [-0.1, -0.05) is 12.1 Å². The summed E-state index contributed by atoms with van der Waals surface area (Å²) < 4.78 is 5.09. The minimum atomic E-state index is -0.774. The number of rotatable bonds is 5. The lowest BCUT2D eigenvalue weighted by atomic mass is 9.96. The van der Waals surface area contributed by atoms with Gasteiger partial charge in [0.05, 0.1) is 24.8 Å². The normalized spacial score (nSPS) is 19.5. The highest BCUT2D eigenvalue weighted by Crippen LogP contribution is 2.38. The van der Waals surface area contributed by atoms with E-state index in [-0.39, 0.29) is 17.9 Å². The molecule has 2 unspecified atom stereocenters. The maximum atomic E-state index is 12.2. The van der Waals surface area contributed by atoms with Crippen LogP contribution in [0.15, 0.2) is 35.6 Å². The number of nitrogens with zero attached hydrogens (tertiary/aromatic N) is 1. The number of hydrogen-bond acceptors (Lipinski definition) is 5. The number of methoxy groups -OCH3 is 1. The molecule has 2 rings (SSSR count). The van der Waals surface area contributed by atoms with Gasteiger partial charge in [-0.15, -0.1) is 0 Å². The summed E-state index contributed by atoms with van der Waals surface area (Å²) in [6.07, 6.45) is -0.774. The lowest BCUT2D eigenvalue weighted by Crippen LogP contribution is -2.36. The lowest BCUT2D eigenvalue weighted by molar-refractivity contribution is -0.130. The molecule has 1 aromatic carbocycles. The first-order chi connectivity index (χ1) is 10.4. The van der Waals surface area contributed by atoms with E-state index in [0.29, 0.717) is 11.3 Å². The van der Waals surface area contributed by atoms with E-state index in [2.05, 4.69) is 0 Å². The van der Waals surface area contributed by atoms with E-state index in [4.69, 9.17) is 4.74 Å². The number of aliphatic hydroxyl groups excluding tert-OH is 2. The summed E-state index contributed by atoms with van der Waals surface area (Å²) in [5, 5.41) is 19.6. The Hall–Kier alpha value is -2.34. The number of hydrogen-bond donors (Lipinski definition) is 2. The van der Waals surface area contributed by atoms with Crippen LogP contribution in [0.25, 0.3) is 0 Å². The summed E-state index contributed by atoms with van der Waals surface area (Å²) >= 11 is 0. The van der Waals surface area contributed by atoms with E-state index in [1.165, 1.54) is 11.8 Å². The molecule has 1 aliphatic heterocycles. The predicted octanol–water partition coefficient (Wildman–Crippen LogP) is 1.36. The third-order valence-electron chi connectivity index (χ3n) is 3.58. The van der Waals surface area contributed by atoms with Crippen LogP contribution in [-0.4, -0.2) is 46.6 Å². The summed E-state index contributed by atoms with van der Waals surface area (Å²) in [5.41, 5.74) is 0.722. The monoisotopic (exact) mass is 305 g/mol. The van der Waals surface area contributed by atoms with Gasteiger partial charge in [0.2, 0.25) is 0 Å². The van der Waals surface area contributed by atoms with Gasteiger partial charge >= 0.3 is 0 Å². The number of β-amino-alcohol motifs (C(OH)–C–C–N with tert-alkyl or cyclic N) is 1. The Balaban J connectivity index is 2.48. The molecule has 0 aliphatic carbocycles. The van der Waals surface area contributed by atoms with Gasteiger partial charge in [0.1, 0.15) is 5.75 Å². The van der Waals surface area contributed by atoms with Crippen molar-refractivity contribution < 1.29 is 24.5 Å². The molecule has 1 amide bonds. The second-order valence-electron chi connectivity index (χ2n) is 5.30. The molecule has 1 aromatic rings. The molecule has 6 nitrogen and oxygen atoms in total. The van der Waals surface area contributed by atoms with Crippen LogP contribution >= 0.6 is 0 Å². The van der Waals surface area contributed by atoms with E-state index < -0.39 is 23.8 Å². The number of carbonyl (C=O) groups is 2. The number of benzene rings is 1. The van der Waals surface area contributed by atoms with Crippen molar-refractivity contribution in [2.24, 2.45) is 0 Å². The van der Waals surface area contributed by atoms with E-state index in [1.807, 2.05) is 0 Å². The van der Waals surface area contributed by atoms with Gasteiger partial charge in [-0.3, -0.25) is 9.59 Å². The lowest BCUT2D eigenvalue weighted by Gasteiger charge is -2.27. The van der Waals surface area contributed by atoms with E-state index in [1.54, 1.807) is 38.3 Å². The molecular weight excluding hydrogens is 286 g/mol. The Kier molecular flexibility index (Phi) is 4.51. The van der Waals surface area contributed by atoms with Gasteiger partial charge in [0.15, 0.2) is 11.5 Å². The molecule has 0 aromatic heterocycles. The maximum absolute atomic E-state index is 12.2. The van der Waals surface area contributed by atoms with Crippen LogP contribution in [0.4, 0.5) is 0 Å².